The molecule has 1 aliphatic rings. The van der Waals surface area contributed by atoms with Gasteiger partial charge < -0.3 is 20.7 Å². The summed E-state index contributed by atoms with van der Waals surface area (Å²) in [5.41, 5.74) is 1.91. The second kappa shape index (κ2) is 7.97. The lowest BCUT2D eigenvalue weighted by molar-refractivity contribution is -0.117. The molecule has 3 aromatic rings. The molecule has 10 heteroatoms. The van der Waals surface area contributed by atoms with Crippen LogP contribution in [-0.2, 0) is 11.3 Å². The molecule has 0 saturated heterocycles. The van der Waals surface area contributed by atoms with Crippen molar-refractivity contribution in [3.05, 3.63) is 30.2 Å². The summed E-state index contributed by atoms with van der Waals surface area (Å²) in [7, 11) is 1.50. The van der Waals surface area contributed by atoms with Crippen molar-refractivity contribution in [1.82, 2.24) is 25.1 Å². The molecule has 0 radical (unpaired) electrons. The monoisotopic (exact) mass is 412 g/mol. The van der Waals surface area contributed by atoms with Gasteiger partial charge in [-0.1, -0.05) is 0 Å². The minimum absolute atomic E-state index is 0.0262. The van der Waals surface area contributed by atoms with Crippen molar-refractivity contribution >= 4 is 40.0 Å². The van der Waals surface area contributed by atoms with Crippen molar-refractivity contribution in [2.45, 2.75) is 26.3 Å². The molecule has 4 rings (SSSR count). The van der Waals surface area contributed by atoms with Crippen LogP contribution in [0.15, 0.2) is 24.7 Å². The first-order valence-electron chi connectivity index (χ1n) is 11.0. The number of aromatic nitrogens is 4. The molecule has 1 saturated carbocycles. The van der Waals surface area contributed by atoms with Gasteiger partial charge in [0.25, 0.3) is 5.91 Å². The third-order valence-electron chi connectivity index (χ3n) is 4.85. The van der Waals surface area contributed by atoms with E-state index >= 15 is 0 Å². The third-order valence-corrected chi connectivity index (χ3v) is 4.85. The van der Waals surface area contributed by atoms with Crippen LogP contribution < -0.4 is 20.7 Å². The fourth-order valence-electron chi connectivity index (χ4n) is 3.15. The van der Waals surface area contributed by atoms with Crippen LogP contribution in [0.2, 0.25) is 0 Å². The Labute approximate surface area is 177 Å². The molecule has 3 heterocycles. The molecule has 2 amide bonds. The molecule has 0 aliphatic heterocycles. The van der Waals surface area contributed by atoms with Gasteiger partial charge in [0.15, 0.2) is 5.75 Å². The quantitative estimate of drug-likeness (QED) is 0.544. The van der Waals surface area contributed by atoms with E-state index in [9.17, 15) is 9.59 Å². The van der Waals surface area contributed by atoms with Crippen molar-refractivity contribution < 1.29 is 18.4 Å². The van der Waals surface area contributed by atoms with Gasteiger partial charge in [-0.15, -0.1) is 0 Å². The van der Waals surface area contributed by atoms with Crippen molar-refractivity contribution in [2.75, 3.05) is 24.7 Å². The summed E-state index contributed by atoms with van der Waals surface area (Å²) in [5, 5.41) is 12.1. The van der Waals surface area contributed by atoms with E-state index in [0.717, 1.165) is 12.8 Å². The van der Waals surface area contributed by atoms with Crippen molar-refractivity contribution in [2.24, 2.45) is 5.92 Å². The molecule has 1 aliphatic carbocycles. The Balaban J connectivity index is 1.75. The highest BCUT2D eigenvalue weighted by molar-refractivity contribution is 6.02. The lowest BCUT2D eigenvalue weighted by atomic mass is 10.2. The first kappa shape index (κ1) is 16.1. The number of amides is 2. The Morgan fingerprint density at radius 1 is 1.27 bits per heavy atom. The molecule has 1 fully saturated rings. The number of methoxy groups -OCH3 is 1. The number of anilines is 3. The maximum absolute atomic E-state index is 12.6. The third kappa shape index (κ3) is 3.63. The van der Waals surface area contributed by atoms with Gasteiger partial charge in [-0.2, -0.15) is 5.10 Å². The number of ether oxygens (including phenoxy) is 1. The Hall–Kier alpha value is -3.69. The van der Waals surface area contributed by atoms with Crippen LogP contribution in [0.4, 0.5) is 17.2 Å². The predicted molar refractivity (Wildman–Crippen MR) is 112 cm³/mol. The minimum Gasteiger partial charge on any atom is -0.492 e. The van der Waals surface area contributed by atoms with E-state index < -0.39 is 12.9 Å². The summed E-state index contributed by atoms with van der Waals surface area (Å²) in [4.78, 5) is 33.3. The molecular weight excluding hydrogens is 386 g/mol. The van der Waals surface area contributed by atoms with Gasteiger partial charge in [0.1, 0.15) is 22.5 Å². The van der Waals surface area contributed by atoms with Crippen LogP contribution in [0.3, 0.4) is 0 Å². The van der Waals surface area contributed by atoms with E-state index in [-0.39, 0.29) is 28.9 Å². The lowest BCUT2D eigenvalue weighted by Crippen LogP contribution is -2.20. The van der Waals surface area contributed by atoms with Crippen LogP contribution >= 0.6 is 0 Å². The molecule has 10 nitrogen and oxygen atoms in total. The number of pyridine rings is 2. The molecule has 0 aromatic carbocycles. The zero-order chi connectivity index (χ0) is 23.8. The molecule has 0 unspecified atom stereocenters. The van der Waals surface area contributed by atoms with Crippen LogP contribution in [0, 0.1) is 5.92 Å². The molecule has 30 heavy (non-hydrogen) atoms. The molecule has 0 spiro atoms. The van der Waals surface area contributed by atoms with Crippen LogP contribution in [0.25, 0.3) is 11.0 Å². The summed E-state index contributed by atoms with van der Waals surface area (Å²) >= 11 is 0. The Morgan fingerprint density at radius 3 is 2.80 bits per heavy atom. The topological polar surface area (TPSA) is 123 Å². The van der Waals surface area contributed by atoms with Crippen molar-refractivity contribution in [3.63, 3.8) is 0 Å². The van der Waals surface area contributed by atoms with Gasteiger partial charge in [0.05, 0.1) is 30.8 Å². The molecule has 156 valence electrons. The average Bonchev–Trinajstić information content (AvgIpc) is 3.52. The fourth-order valence-corrected chi connectivity index (χ4v) is 3.15. The van der Waals surface area contributed by atoms with Crippen LogP contribution in [-0.4, -0.2) is 45.6 Å². The highest BCUT2D eigenvalue weighted by atomic mass is 16.5. The molecule has 3 N–H and O–H groups in total. The summed E-state index contributed by atoms with van der Waals surface area (Å²) in [6.45, 7) is -0.163. The van der Waals surface area contributed by atoms with Gasteiger partial charge in [0.2, 0.25) is 5.91 Å². The summed E-state index contributed by atoms with van der Waals surface area (Å²) in [5.74, 6) is -0.367. The maximum Gasteiger partial charge on any atom is 0.254 e. The van der Waals surface area contributed by atoms with E-state index in [1.165, 1.54) is 25.6 Å². The number of hydrogen-bond donors (Lipinski definition) is 3. The summed E-state index contributed by atoms with van der Waals surface area (Å²) < 4.78 is 29.3. The normalized spacial score (nSPS) is 15.1. The SMILES string of the molecule is [2H]C([2H])([2H])NC(=O)c1cnc(NC(=O)C2CC2)cc1Nc1cnc2cnn(CC)c2c1OC. The van der Waals surface area contributed by atoms with E-state index in [1.807, 2.05) is 12.2 Å². The Morgan fingerprint density at radius 2 is 2.10 bits per heavy atom. The van der Waals surface area contributed by atoms with E-state index in [2.05, 4.69) is 25.7 Å². The molecule has 3 aromatic heterocycles. The first-order chi connectivity index (χ1) is 15.7. The number of nitrogens with zero attached hydrogens (tertiary/aromatic N) is 4. The lowest BCUT2D eigenvalue weighted by Gasteiger charge is -2.16. The Kier molecular flexibility index (Phi) is 4.29. The first-order valence-corrected chi connectivity index (χ1v) is 9.49. The Bertz CT molecular complexity index is 1220. The van der Waals surface area contributed by atoms with Gasteiger partial charge in [-0.3, -0.25) is 19.3 Å². The smallest absolute Gasteiger partial charge is 0.254 e. The van der Waals surface area contributed by atoms with Crippen molar-refractivity contribution in [1.29, 1.82) is 0 Å². The van der Waals surface area contributed by atoms with E-state index in [4.69, 9.17) is 8.85 Å². The van der Waals surface area contributed by atoms with Crippen LogP contribution in [0.5, 0.6) is 5.75 Å². The second-order valence-corrected chi connectivity index (χ2v) is 6.86. The number of nitrogens with one attached hydrogen (secondary N) is 3. The van der Waals surface area contributed by atoms with Crippen molar-refractivity contribution in [3.8, 4) is 5.75 Å². The van der Waals surface area contributed by atoms with Gasteiger partial charge in [-0.05, 0) is 19.8 Å². The number of carbonyl (C=O) groups is 2. The highest BCUT2D eigenvalue weighted by Gasteiger charge is 2.30. The minimum atomic E-state index is -2.68. The summed E-state index contributed by atoms with van der Waals surface area (Å²) in [6.07, 6.45) is 6.00. The summed E-state index contributed by atoms with van der Waals surface area (Å²) in [6, 6.07) is 1.47. The van der Waals surface area contributed by atoms with Gasteiger partial charge >= 0.3 is 0 Å². The van der Waals surface area contributed by atoms with Gasteiger partial charge in [0, 0.05) is 35.8 Å². The highest BCUT2D eigenvalue weighted by Crippen LogP contribution is 2.35. The number of rotatable bonds is 7. The van der Waals surface area contributed by atoms with Gasteiger partial charge in [-0.25, -0.2) is 4.98 Å². The molecular formula is C20H23N7O3. The zero-order valence-electron chi connectivity index (χ0n) is 19.5. The van der Waals surface area contributed by atoms with Crippen LogP contribution in [0.1, 0.15) is 34.2 Å². The zero-order valence-corrected chi connectivity index (χ0v) is 16.5. The largest absolute Gasteiger partial charge is 0.492 e. The maximum atomic E-state index is 12.6. The standard InChI is InChI=1S/C20H23N7O3/c1-4-27-17-14(10-24-27)22-9-15(18(17)30-3)25-13-7-16(26-19(28)11-5-6-11)23-8-12(13)20(29)21-2/h7-11H,4-6H2,1-3H3,(H,21,29)(H2,23,25,26,28)/i2D3. The molecule has 0 atom stereocenters. The van der Waals surface area contributed by atoms with E-state index in [1.54, 1.807) is 10.9 Å². The predicted octanol–water partition coefficient (Wildman–Crippen LogP) is 2.31. The number of aryl methyl sites for hydroxylation is 1. The van der Waals surface area contributed by atoms with E-state index in [0.29, 0.717) is 29.0 Å². The number of fused-ring (bicyclic) bond motifs is 1. The fraction of sp³-hybridized carbons (Fsp3) is 0.350. The average molecular weight is 412 g/mol. The number of carbonyl (C=O) groups excluding carboxylic acids is 2. The number of hydrogen-bond acceptors (Lipinski definition) is 7. The molecule has 0 bridgehead atoms. The second-order valence-electron chi connectivity index (χ2n) is 6.86.